The van der Waals surface area contributed by atoms with Crippen molar-refractivity contribution in [3.05, 3.63) is 41.5 Å². The molecule has 0 saturated carbocycles. The van der Waals surface area contributed by atoms with Crippen molar-refractivity contribution in [3.63, 3.8) is 0 Å². The minimum atomic E-state index is -0.119. The molecule has 1 aromatic carbocycles. The van der Waals surface area contributed by atoms with Crippen LogP contribution in [0.4, 0.5) is 0 Å². The molecule has 0 radical (unpaired) electrons. The van der Waals surface area contributed by atoms with E-state index in [9.17, 15) is 4.79 Å². The number of carbonyl (C=O) groups is 1. The van der Waals surface area contributed by atoms with E-state index in [2.05, 4.69) is 13.8 Å². The zero-order valence-corrected chi connectivity index (χ0v) is 12.8. The van der Waals surface area contributed by atoms with Crippen molar-refractivity contribution >= 4 is 29.4 Å². The summed E-state index contributed by atoms with van der Waals surface area (Å²) in [6.07, 6.45) is 3.36. The second-order valence-corrected chi connectivity index (χ2v) is 5.69. The van der Waals surface area contributed by atoms with Crippen LogP contribution in [0.5, 0.6) is 0 Å². The first kappa shape index (κ1) is 14.7. The molecule has 1 amide bonds. The Morgan fingerprint density at radius 3 is 2.65 bits per heavy atom. The van der Waals surface area contributed by atoms with Gasteiger partial charge >= 0.3 is 0 Å². The molecule has 3 nitrogen and oxygen atoms in total. The summed E-state index contributed by atoms with van der Waals surface area (Å²) in [4.78, 5) is 13.9. The lowest BCUT2D eigenvalue weighted by Crippen LogP contribution is -2.40. The number of hydrogen-bond acceptors (Lipinski definition) is 3. The Kier molecular flexibility index (Phi) is 4.55. The molecular formula is C16H19NO2S. The summed E-state index contributed by atoms with van der Waals surface area (Å²) in [5.41, 5.74) is 2.19. The Bertz CT molecular complexity index is 534. The number of aryl methyl sites for hydroxylation is 1. The smallest absolute Gasteiger partial charge is 0.266 e. The largest absolute Gasteiger partial charge is 0.468 e. The summed E-state index contributed by atoms with van der Waals surface area (Å²) in [5.74, 6) is 0.193. The molecule has 1 aromatic rings. The maximum absolute atomic E-state index is 12.3. The van der Waals surface area contributed by atoms with Crippen LogP contribution in [0, 0.1) is 12.8 Å². The molecule has 0 bridgehead atoms. The fourth-order valence-electron chi connectivity index (χ4n) is 2.11. The molecule has 1 fully saturated rings. The van der Waals surface area contributed by atoms with Gasteiger partial charge in [-0.3, -0.25) is 9.69 Å². The lowest BCUT2D eigenvalue weighted by molar-refractivity contribution is -0.123. The first-order chi connectivity index (χ1) is 9.49. The molecular weight excluding hydrogens is 270 g/mol. The van der Waals surface area contributed by atoms with E-state index < -0.39 is 0 Å². The highest BCUT2D eigenvalue weighted by molar-refractivity contribution is 7.80. The van der Waals surface area contributed by atoms with E-state index in [1.807, 2.05) is 31.2 Å². The van der Waals surface area contributed by atoms with Crippen LogP contribution in [0.1, 0.15) is 25.0 Å². The number of rotatable bonds is 3. The highest BCUT2D eigenvalue weighted by atomic mass is 32.1. The SMILES string of the molecule is Cc1ccc(/C=C/C(=O)N2C(=S)OC[C@@H]2C(C)C)cc1. The molecule has 2 rings (SSSR count). The second-order valence-electron chi connectivity index (χ2n) is 5.34. The topological polar surface area (TPSA) is 29.5 Å². The van der Waals surface area contributed by atoms with Gasteiger partial charge in [0.25, 0.3) is 11.1 Å². The monoisotopic (exact) mass is 289 g/mol. The zero-order chi connectivity index (χ0) is 14.7. The summed E-state index contributed by atoms with van der Waals surface area (Å²) in [5, 5.41) is 0.280. The Labute approximate surface area is 125 Å². The lowest BCUT2D eigenvalue weighted by Gasteiger charge is -2.22. The molecule has 20 heavy (non-hydrogen) atoms. The van der Waals surface area contributed by atoms with Crippen molar-refractivity contribution in [1.82, 2.24) is 4.90 Å². The van der Waals surface area contributed by atoms with Gasteiger partial charge in [0.05, 0.1) is 6.04 Å². The molecule has 0 N–H and O–H groups in total. The number of amides is 1. The maximum atomic E-state index is 12.3. The predicted molar refractivity (Wildman–Crippen MR) is 84.2 cm³/mol. The average molecular weight is 289 g/mol. The molecule has 4 heteroatoms. The van der Waals surface area contributed by atoms with E-state index >= 15 is 0 Å². The van der Waals surface area contributed by atoms with Crippen molar-refractivity contribution < 1.29 is 9.53 Å². The van der Waals surface area contributed by atoms with Gasteiger partial charge in [-0.1, -0.05) is 43.7 Å². The van der Waals surface area contributed by atoms with E-state index in [0.717, 1.165) is 5.56 Å². The summed E-state index contributed by atoms with van der Waals surface area (Å²) in [6.45, 7) is 6.64. The van der Waals surface area contributed by atoms with E-state index in [4.69, 9.17) is 17.0 Å². The van der Waals surface area contributed by atoms with Crippen molar-refractivity contribution in [1.29, 1.82) is 0 Å². The molecule has 0 unspecified atom stereocenters. The molecule has 1 heterocycles. The van der Waals surface area contributed by atoms with Gasteiger partial charge in [0.15, 0.2) is 0 Å². The van der Waals surface area contributed by atoms with Crippen LogP contribution in [0.3, 0.4) is 0 Å². The quantitative estimate of drug-likeness (QED) is 0.632. The van der Waals surface area contributed by atoms with Crippen molar-refractivity contribution in [2.45, 2.75) is 26.8 Å². The van der Waals surface area contributed by atoms with Crippen LogP contribution in [0.25, 0.3) is 6.08 Å². The second kappa shape index (κ2) is 6.18. The Morgan fingerprint density at radius 1 is 1.40 bits per heavy atom. The van der Waals surface area contributed by atoms with Crippen molar-refractivity contribution in [2.75, 3.05) is 6.61 Å². The fraction of sp³-hybridized carbons (Fsp3) is 0.375. The Hall–Kier alpha value is -1.68. The Morgan fingerprint density at radius 2 is 2.05 bits per heavy atom. The van der Waals surface area contributed by atoms with Crippen LogP contribution in [-0.2, 0) is 9.53 Å². The number of thiocarbonyl (C=S) groups is 1. The van der Waals surface area contributed by atoms with Crippen LogP contribution in [0.15, 0.2) is 30.3 Å². The van der Waals surface area contributed by atoms with Crippen molar-refractivity contribution in [3.8, 4) is 0 Å². The van der Waals surface area contributed by atoms with Gasteiger partial charge in [-0.15, -0.1) is 0 Å². The third-order valence-electron chi connectivity index (χ3n) is 3.41. The van der Waals surface area contributed by atoms with Crippen LogP contribution in [0.2, 0.25) is 0 Å². The highest BCUT2D eigenvalue weighted by Gasteiger charge is 2.35. The summed E-state index contributed by atoms with van der Waals surface area (Å²) >= 11 is 5.11. The first-order valence-corrected chi connectivity index (χ1v) is 7.14. The third-order valence-corrected chi connectivity index (χ3v) is 3.72. The molecule has 1 aliphatic rings. The van der Waals surface area contributed by atoms with Crippen LogP contribution < -0.4 is 0 Å². The van der Waals surface area contributed by atoms with E-state index in [1.54, 1.807) is 17.1 Å². The van der Waals surface area contributed by atoms with E-state index in [1.165, 1.54) is 5.56 Å². The van der Waals surface area contributed by atoms with Gasteiger partial charge in [-0.2, -0.15) is 0 Å². The molecule has 0 spiro atoms. The number of ether oxygens (including phenoxy) is 1. The maximum Gasteiger partial charge on any atom is 0.266 e. The number of hydrogen-bond donors (Lipinski definition) is 0. The third kappa shape index (κ3) is 3.25. The normalized spacial score (nSPS) is 18.9. The summed E-state index contributed by atoms with van der Waals surface area (Å²) < 4.78 is 5.33. The summed E-state index contributed by atoms with van der Waals surface area (Å²) in [6, 6.07) is 8.03. The molecule has 0 aromatic heterocycles. The Balaban J connectivity index is 2.10. The van der Waals surface area contributed by atoms with Crippen LogP contribution >= 0.6 is 12.2 Å². The molecule has 1 atom stereocenters. The van der Waals surface area contributed by atoms with Gasteiger partial charge in [0, 0.05) is 6.08 Å². The average Bonchev–Trinajstić information content (AvgIpc) is 2.80. The molecule has 1 aliphatic heterocycles. The zero-order valence-electron chi connectivity index (χ0n) is 12.0. The number of benzene rings is 1. The lowest BCUT2D eigenvalue weighted by atomic mass is 10.0. The van der Waals surface area contributed by atoms with Gasteiger partial charge < -0.3 is 4.74 Å². The van der Waals surface area contributed by atoms with E-state index in [0.29, 0.717) is 12.5 Å². The van der Waals surface area contributed by atoms with E-state index in [-0.39, 0.29) is 17.1 Å². The number of nitrogens with zero attached hydrogens (tertiary/aromatic N) is 1. The molecule has 0 aliphatic carbocycles. The summed E-state index contributed by atoms with van der Waals surface area (Å²) in [7, 11) is 0. The molecule has 106 valence electrons. The van der Waals surface area contributed by atoms with Crippen LogP contribution in [-0.4, -0.2) is 28.6 Å². The highest BCUT2D eigenvalue weighted by Crippen LogP contribution is 2.20. The standard InChI is InChI=1S/C16H19NO2S/c1-11(2)14-10-19-16(20)17(14)15(18)9-8-13-6-4-12(3)5-7-13/h4-9,11,14H,10H2,1-3H3/b9-8+/t14-/m1/s1. The predicted octanol–water partition coefficient (Wildman–Crippen LogP) is 3.18. The van der Waals surface area contributed by atoms with Gasteiger partial charge in [0.2, 0.25) is 0 Å². The van der Waals surface area contributed by atoms with Gasteiger partial charge in [-0.25, -0.2) is 0 Å². The van der Waals surface area contributed by atoms with Gasteiger partial charge in [-0.05, 0) is 36.7 Å². The minimum Gasteiger partial charge on any atom is -0.468 e. The number of carbonyl (C=O) groups excluding carboxylic acids is 1. The van der Waals surface area contributed by atoms with Gasteiger partial charge in [0.1, 0.15) is 6.61 Å². The van der Waals surface area contributed by atoms with Crippen molar-refractivity contribution in [2.24, 2.45) is 5.92 Å². The first-order valence-electron chi connectivity index (χ1n) is 6.73. The fourth-order valence-corrected chi connectivity index (χ4v) is 2.40. The molecule has 1 saturated heterocycles. The minimum absolute atomic E-state index is 0.0256.